The summed E-state index contributed by atoms with van der Waals surface area (Å²) in [4.78, 5) is -0.502. The van der Waals surface area contributed by atoms with Gasteiger partial charge >= 0.3 is 5.51 Å². The van der Waals surface area contributed by atoms with E-state index in [-0.39, 0.29) is 22.6 Å². The van der Waals surface area contributed by atoms with Crippen LogP contribution in [-0.4, -0.2) is 16.5 Å². The number of ether oxygens (including phenoxy) is 1. The summed E-state index contributed by atoms with van der Waals surface area (Å²) in [7, 11) is 0. The van der Waals surface area contributed by atoms with Crippen LogP contribution in [0.15, 0.2) is 41.3 Å². The summed E-state index contributed by atoms with van der Waals surface area (Å²) in [6.45, 7) is 0. The molecule has 0 bridgehead atoms. The van der Waals surface area contributed by atoms with Crippen molar-refractivity contribution in [2.75, 3.05) is 0 Å². The Morgan fingerprint density at radius 2 is 1.85 bits per heavy atom. The predicted molar refractivity (Wildman–Crippen MR) is 83.2 cm³/mol. The molecule has 3 rings (SSSR count). The van der Waals surface area contributed by atoms with E-state index >= 15 is 0 Å². The topological polar surface area (TPSA) is 53.2 Å². The number of aliphatic hydroxyl groups is 1. The number of rotatable bonds is 3. The summed E-state index contributed by atoms with van der Waals surface area (Å²) < 4.78 is 71.5. The number of thioether (sulfide) groups is 1. The summed E-state index contributed by atoms with van der Waals surface area (Å²) in [6, 6.07) is 10.0. The van der Waals surface area contributed by atoms with Gasteiger partial charge in [-0.2, -0.15) is 18.4 Å². The number of hydrogen-bond acceptors (Lipinski definition) is 4. The first-order valence-corrected chi connectivity index (χ1v) is 8.08. The first-order valence-electron chi connectivity index (χ1n) is 7.27. The van der Waals surface area contributed by atoms with Crippen LogP contribution in [0.5, 0.6) is 11.5 Å². The van der Waals surface area contributed by atoms with E-state index in [2.05, 4.69) is 0 Å². The van der Waals surface area contributed by atoms with Gasteiger partial charge in [0.25, 0.3) is 5.92 Å². The van der Waals surface area contributed by atoms with Gasteiger partial charge in [-0.15, -0.1) is 0 Å². The van der Waals surface area contributed by atoms with Crippen LogP contribution >= 0.6 is 11.8 Å². The van der Waals surface area contributed by atoms with E-state index in [9.17, 15) is 27.1 Å². The maximum Gasteiger partial charge on any atom is 0.446 e. The molecule has 0 amide bonds. The van der Waals surface area contributed by atoms with Crippen molar-refractivity contribution in [2.45, 2.75) is 28.9 Å². The number of benzene rings is 2. The van der Waals surface area contributed by atoms with Gasteiger partial charge in [-0.25, -0.2) is 8.78 Å². The molecule has 0 spiro atoms. The minimum Gasteiger partial charge on any atom is -0.456 e. The fourth-order valence-electron chi connectivity index (χ4n) is 2.72. The number of alkyl halides is 5. The van der Waals surface area contributed by atoms with Crippen molar-refractivity contribution in [1.82, 2.24) is 0 Å². The third-order valence-electron chi connectivity index (χ3n) is 3.81. The Labute approximate surface area is 149 Å². The lowest BCUT2D eigenvalue weighted by atomic mass is 10.1. The molecule has 1 aliphatic carbocycles. The molecule has 2 aromatic carbocycles. The second kappa shape index (κ2) is 6.45. The number of halogens is 5. The quantitative estimate of drug-likeness (QED) is 0.582. The van der Waals surface area contributed by atoms with Gasteiger partial charge in [0.1, 0.15) is 23.7 Å². The molecule has 26 heavy (non-hydrogen) atoms. The van der Waals surface area contributed by atoms with Crippen molar-refractivity contribution in [3.8, 4) is 17.6 Å². The standard InChI is InChI=1S/C17H10F5NO2S/c18-16(19)7-10-12(25-11-4-2-1-3-9(11)8-23)5-6-13(14(10)15(16)24)26-17(20,21)22/h1-6,15,24H,7H2. The first-order chi connectivity index (χ1) is 12.1. The largest absolute Gasteiger partial charge is 0.456 e. The SMILES string of the molecule is N#Cc1ccccc1Oc1ccc(SC(F)(F)F)c2c1CC(F)(F)C2O. The molecule has 0 saturated carbocycles. The van der Waals surface area contributed by atoms with E-state index in [1.807, 2.05) is 6.07 Å². The Morgan fingerprint density at radius 1 is 1.15 bits per heavy atom. The normalized spacial score (nSPS) is 18.3. The minimum absolute atomic E-state index is 0.0816. The zero-order valence-corrected chi connectivity index (χ0v) is 13.7. The Hall–Kier alpha value is -2.31. The van der Waals surface area contributed by atoms with E-state index in [1.54, 1.807) is 12.1 Å². The molecular weight excluding hydrogens is 377 g/mol. The summed E-state index contributed by atoms with van der Waals surface area (Å²) in [6.07, 6.45) is -3.32. The van der Waals surface area contributed by atoms with Crippen LogP contribution in [0.2, 0.25) is 0 Å². The Balaban J connectivity index is 2.08. The minimum atomic E-state index is -4.69. The Morgan fingerprint density at radius 3 is 2.50 bits per heavy atom. The van der Waals surface area contributed by atoms with Crippen LogP contribution in [0.4, 0.5) is 22.0 Å². The molecule has 3 nitrogen and oxygen atoms in total. The monoisotopic (exact) mass is 387 g/mol. The van der Waals surface area contributed by atoms with Gasteiger partial charge in [0, 0.05) is 22.4 Å². The van der Waals surface area contributed by atoms with Gasteiger partial charge in [-0.05, 0) is 36.0 Å². The lowest BCUT2D eigenvalue weighted by Gasteiger charge is -2.17. The molecule has 0 aliphatic heterocycles. The number of fused-ring (bicyclic) bond motifs is 1. The lowest BCUT2D eigenvalue weighted by Crippen LogP contribution is -2.21. The van der Waals surface area contributed by atoms with Crippen LogP contribution in [0.3, 0.4) is 0 Å². The van der Waals surface area contributed by atoms with Crippen LogP contribution in [0.25, 0.3) is 0 Å². The molecule has 0 fully saturated rings. The van der Waals surface area contributed by atoms with Crippen LogP contribution in [0, 0.1) is 11.3 Å². The van der Waals surface area contributed by atoms with Gasteiger partial charge in [-0.1, -0.05) is 12.1 Å². The summed E-state index contributed by atoms with van der Waals surface area (Å²) in [5.41, 5.74) is -5.25. The van der Waals surface area contributed by atoms with E-state index in [4.69, 9.17) is 10.00 Å². The molecule has 136 valence electrons. The molecule has 9 heteroatoms. The lowest BCUT2D eigenvalue weighted by molar-refractivity contribution is -0.0977. The molecule has 1 N–H and O–H groups in total. The van der Waals surface area contributed by atoms with E-state index < -0.39 is 46.2 Å². The maximum absolute atomic E-state index is 14.0. The van der Waals surface area contributed by atoms with Gasteiger partial charge in [0.15, 0.2) is 0 Å². The van der Waals surface area contributed by atoms with Crippen LogP contribution in [-0.2, 0) is 6.42 Å². The first kappa shape index (κ1) is 18.5. The number of nitrogens with zero attached hydrogens (tertiary/aromatic N) is 1. The molecule has 0 saturated heterocycles. The second-order valence-electron chi connectivity index (χ2n) is 5.55. The van der Waals surface area contributed by atoms with Crippen molar-refractivity contribution < 1.29 is 31.8 Å². The molecule has 1 atom stereocenters. The molecular formula is C17H10F5NO2S. The molecule has 0 heterocycles. The number of hydrogen-bond donors (Lipinski definition) is 1. The zero-order chi connectivity index (χ0) is 19.1. The highest BCUT2D eigenvalue weighted by molar-refractivity contribution is 8.00. The number of para-hydroxylation sites is 1. The van der Waals surface area contributed by atoms with Crippen molar-refractivity contribution in [2.24, 2.45) is 0 Å². The summed E-state index contributed by atoms with van der Waals surface area (Å²) in [5.74, 6) is -3.65. The molecule has 2 aromatic rings. The second-order valence-corrected chi connectivity index (χ2v) is 6.66. The predicted octanol–water partition coefficient (Wildman–Crippen LogP) is 5.19. The third kappa shape index (κ3) is 3.48. The van der Waals surface area contributed by atoms with Gasteiger partial charge in [0.05, 0.1) is 5.56 Å². The Bertz CT molecular complexity index is 892. The fraction of sp³-hybridized carbons (Fsp3) is 0.235. The molecule has 0 aromatic heterocycles. The Kier molecular flexibility index (Phi) is 4.58. The average molecular weight is 387 g/mol. The molecule has 1 unspecified atom stereocenters. The highest BCUT2D eigenvalue weighted by Gasteiger charge is 2.50. The smallest absolute Gasteiger partial charge is 0.446 e. The highest BCUT2D eigenvalue weighted by Crippen LogP contribution is 2.52. The van der Waals surface area contributed by atoms with E-state index in [0.717, 1.165) is 12.1 Å². The van der Waals surface area contributed by atoms with Crippen molar-refractivity contribution in [3.63, 3.8) is 0 Å². The van der Waals surface area contributed by atoms with Crippen LogP contribution < -0.4 is 4.74 Å². The van der Waals surface area contributed by atoms with Gasteiger partial charge < -0.3 is 9.84 Å². The fourth-order valence-corrected chi connectivity index (χ4v) is 3.45. The summed E-state index contributed by atoms with van der Waals surface area (Å²) >= 11 is -0.568. The number of aliphatic hydroxyl groups excluding tert-OH is 1. The summed E-state index contributed by atoms with van der Waals surface area (Å²) in [5, 5.41) is 18.9. The van der Waals surface area contributed by atoms with Crippen LogP contribution in [0.1, 0.15) is 22.8 Å². The van der Waals surface area contributed by atoms with Gasteiger partial charge in [-0.3, -0.25) is 0 Å². The van der Waals surface area contributed by atoms with Crippen molar-refractivity contribution in [3.05, 3.63) is 53.1 Å². The average Bonchev–Trinajstić information content (AvgIpc) is 2.80. The number of nitriles is 1. The third-order valence-corrected chi connectivity index (χ3v) is 4.62. The highest BCUT2D eigenvalue weighted by atomic mass is 32.2. The zero-order valence-electron chi connectivity index (χ0n) is 12.8. The van der Waals surface area contributed by atoms with Gasteiger partial charge in [0.2, 0.25) is 0 Å². The molecule has 0 radical (unpaired) electrons. The van der Waals surface area contributed by atoms with E-state index in [1.165, 1.54) is 12.1 Å². The van der Waals surface area contributed by atoms with E-state index in [0.29, 0.717) is 0 Å². The molecule has 1 aliphatic rings. The van der Waals surface area contributed by atoms with Crippen molar-refractivity contribution >= 4 is 11.8 Å². The van der Waals surface area contributed by atoms with Crippen molar-refractivity contribution in [1.29, 1.82) is 5.26 Å². The maximum atomic E-state index is 14.0.